The summed E-state index contributed by atoms with van der Waals surface area (Å²) in [7, 11) is 1.56. The molecule has 0 spiro atoms. The SMILES string of the molecule is Cc1cc(N2CCOCC2)c2cccc(OCc3c(Cl)ccc(N(C)C(=O)CNOC(=O)C=Cc4cccc(N)n4)c3Cl)c2n1. The third-order valence-electron chi connectivity index (χ3n) is 7.11. The van der Waals surface area contributed by atoms with Crippen molar-refractivity contribution < 1.29 is 23.9 Å². The highest BCUT2D eigenvalue weighted by molar-refractivity contribution is 6.38. The minimum Gasteiger partial charge on any atom is -0.487 e. The fourth-order valence-electron chi connectivity index (χ4n) is 4.81. The molecule has 0 bridgehead atoms. The highest BCUT2D eigenvalue weighted by Crippen LogP contribution is 2.37. The number of ether oxygens (including phenoxy) is 2. The number of hydrogen-bond acceptors (Lipinski definition) is 10. The Morgan fingerprint density at radius 2 is 1.89 bits per heavy atom. The molecule has 3 N–H and O–H groups in total. The molecule has 13 heteroatoms. The summed E-state index contributed by atoms with van der Waals surface area (Å²) in [4.78, 5) is 42.3. The number of carbonyl (C=O) groups is 2. The van der Waals surface area contributed by atoms with E-state index in [4.69, 9.17) is 48.2 Å². The number of hydroxylamine groups is 1. The molecule has 45 heavy (non-hydrogen) atoms. The second kappa shape index (κ2) is 14.6. The number of rotatable bonds is 10. The number of likely N-dealkylation sites (N-methyl/N-ethyl adjacent to an activating group) is 1. The molecule has 1 aliphatic rings. The van der Waals surface area contributed by atoms with Crippen LogP contribution >= 0.6 is 23.2 Å². The molecular weight excluding hydrogens is 619 g/mol. The maximum absolute atomic E-state index is 12.9. The Balaban J connectivity index is 1.24. The lowest BCUT2D eigenvalue weighted by atomic mass is 10.1. The molecule has 2 aromatic carbocycles. The number of aromatic nitrogens is 2. The minimum absolute atomic E-state index is 0.0410. The van der Waals surface area contributed by atoms with Crippen LogP contribution in [0.5, 0.6) is 5.75 Å². The quantitative estimate of drug-likeness (QED) is 0.179. The zero-order valence-electron chi connectivity index (χ0n) is 24.8. The van der Waals surface area contributed by atoms with Crippen LogP contribution in [0.25, 0.3) is 17.0 Å². The molecule has 3 heterocycles. The number of aryl methyl sites for hydroxylation is 1. The smallest absolute Gasteiger partial charge is 0.349 e. The van der Waals surface area contributed by atoms with Crippen LogP contribution in [0.15, 0.2) is 60.7 Å². The van der Waals surface area contributed by atoms with Gasteiger partial charge in [0.15, 0.2) is 0 Å². The van der Waals surface area contributed by atoms with E-state index >= 15 is 0 Å². The van der Waals surface area contributed by atoms with Gasteiger partial charge in [-0.15, -0.1) is 5.48 Å². The predicted molar refractivity (Wildman–Crippen MR) is 175 cm³/mol. The average molecular weight is 652 g/mol. The number of nitrogen functional groups attached to an aromatic ring is 1. The predicted octanol–water partition coefficient (Wildman–Crippen LogP) is 4.97. The Hall–Kier alpha value is -4.42. The summed E-state index contributed by atoms with van der Waals surface area (Å²) in [6.45, 7) is 4.63. The molecule has 11 nitrogen and oxygen atoms in total. The van der Waals surface area contributed by atoms with Gasteiger partial charge in [-0.05, 0) is 49.4 Å². The molecule has 0 atom stereocenters. The van der Waals surface area contributed by atoms with Crippen molar-refractivity contribution in [3.05, 3.63) is 87.7 Å². The Bertz CT molecular complexity index is 1750. The van der Waals surface area contributed by atoms with Crippen molar-refractivity contribution in [1.82, 2.24) is 15.4 Å². The van der Waals surface area contributed by atoms with Gasteiger partial charge in [-0.3, -0.25) is 4.79 Å². The van der Waals surface area contributed by atoms with E-state index in [0.717, 1.165) is 35.4 Å². The van der Waals surface area contributed by atoms with Gasteiger partial charge in [0, 0.05) is 53.6 Å². The number of pyridine rings is 2. The summed E-state index contributed by atoms with van der Waals surface area (Å²) in [6, 6.07) is 16.2. The van der Waals surface area contributed by atoms with Crippen LogP contribution in [0, 0.1) is 6.92 Å². The van der Waals surface area contributed by atoms with Gasteiger partial charge in [0.05, 0.1) is 29.6 Å². The number of morpholine rings is 1. The molecule has 0 saturated carbocycles. The molecule has 1 fully saturated rings. The van der Waals surface area contributed by atoms with E-state index in [9.17, 15) is 9.59 Å². The summed E-state index contributed by atoms with van der Waals surface area (Å²) < 4.78 is 11.8. The van der Waals surface area contributed by atoms with E-state index in [2.05, 4.69) is 21.4 Å². The molecule has 1 aliphatic heterocycles. The Morgan fingerprint density at radius 3 is 2.67 bits per heavy atom. The van der Waals surface area contributed by atoms with Gasteiger partial charge in [-0.25, -0.2) is 14.8 Å². The monoisotopic (exact) mass is 650 g/mol. The first-order chi connectivity index (χ1) is 21.7. The number of anilines is 3. The standard InChI is InChI=1S/C32H32Cl2N6O5/c1-20-17-26(40-13-15-43-16-14-40)22-6-4-7-27(32(22)37-20)44-19-23-24(33)10-11-25(31(23)34)39(2)29(41)18-36-45-30(42)12-9-21-5-3-8-28(35)38-21/h3-12,17,36H,13-16,18-19H2,1-2H3,(H2,35,38). The number of carbonyl (C=O) groups excluding carboxylic acids is 2. The van der Waals surface area contributed by atoms with Crippen LogP contribution in [0.2, 0.25) is 10.0 Å². The molecule has 0 radical (unpaired) electrons. The molecule has 0 aliphatic carbocycles. The number of nitrogens with zero attached hydrogens (tertiary/aromatic N) is 4. The first kappa shape index (κ1) is 32.0. The number of hydrogen-bond donors (Lipinski definition) is 2. The van der Waals surface area contributed by atoms with Gasteiger partial charge in [0.2, 0.25) is 5.91 Å². The Morgan fingerprint density at radius 1 is 1.11 bits per heavy atom. The van der Waals surface area contributed by atoms with Gasteiger partial charge in [-0.1, -0.05) is 41.4 Å². The van der Waals surface area contributed by atoms with Crippen molar-refractivity contribution in [2.45, 2.75) is 13.5 Å². The van der Waals surface area contributed by atoms with Crippen molar-refractivity contribution >= 4 is 69.2 Å². The highest BCUT2D eigenvalue weighted by atomic mass is 35.5. The lowest BCUT2D eigenvalue weighted by molar-refractivity contribution is -0.145. The van der Waals surface area contributed by atoms with Crippen LogP contribution < -0.4 is 25.8 Å². The number of fused-ring (bicyclic) bond motifs is 1. The molecule has 1 amide bonds. The molecule has 1 saturated heterocycles. The maximum Gasteiger partial charge on any atom is 0.349 e. The number of para-hydroxylation sites is 1. The van der Waals surface area contributed by atoms with E-state index in [-0.39, 0.29) is 18.2 Å². The second-order valence-electron chi connectivity index (χ2n) is 10.2. The van der Waals surface area contributed by atoms with E-state index in [1.54, 1.807) is 37.4 Å². The van der Waals surface area contributed by atoms with Crippen molar-refractivity contribution in [3.63, 3.8) is 0 Å². The zero-order valence-corrected chi connectivity index (χ0v) is 26.3. The van der Waals surface area contributed by atoms with Crippen molar-refractivity contribution in [2.24, 2.45) is 0 Å². The Kier molecular flexibility index (Phi) is 10.4. The molecular formula is C32H32Cl2N6O5. The minimum atomic E-state index is -0.714. The molecule has 4 aromatic rings. The van der Waals surface area contributed by atoms with E-state index in [0.29, 0.717) is 46.7 Å². The molecule has 234 valence electrons. The summed E-state index contributed by atoms with van der Waals surface area (Å²) in [5, 5.41) is 1.61. The van der Waals surface area contributed by atoms with Crippen LogP contribution in [-0.2, 0) is 25.8 Å². The Labute approximate surface area is 270 Å². The summed E-state index contributed by atoms with van der Waals surface area (Å²) in [5.41, 5.74) is 12.1. The van der Waals surface area contributed by atoms with E-state index in [1.807, 2.05) is 25.1 Å². The lowest BCUT2D eigenvalue weighted by Gasteiger charge is -2.30. The van der Waals surface area contributed by atoms with Crippen LogP contribution in [0.3, 0.4) is 0 Å². The second-order valence-corrected chi connectivity index (χ2v) is 11.0. The zero-order chi connectivity index (χ0) is 31.9. The number of nitrogens with two attached hydrogens (primary N) is 1. The van der Waals surface area contributed by atoms with Gasteiger partial charge < -0.3 is 29.8 Å². The summed E-state index contributed by atoms with van der Waals surface area (Å²) >= 11 is 13.3. The molecule has 2 aromatic heterocycles. The normalized spacial score (nSPS) is 13.3. The number of halogens is 2. The summed E-state index contributed by atoms with van der Waals surface area (Å²) in [5.74, 6) is -0.218. The van der Waals surface area contributed by atoms with E-state index in [1.165, 1.54) is 17.1 Å². The lowest BCUT2D eigenvalue weighted by Crippen LogP contribution is -2.36. The third kappa shape index (κ3) is 7.81. The van der Waals surface area contributed by atoms with E-state index < -0.39 is 11.9 Å². The first-order valence-electron chi connectivity index (χ1n) is 14.1. The topological polar surface area (TPSA) is 132 Å². The van der Waals surface area contributed by atoms with Crippen molar-refractivity contribution in [2.75, 3.05) is 55.4 Å². The van der Waals surface area contributed by atoms with Crippen LogP contribution in [-0.4, -0.2) is 61.7 Å². The summed E-state index contributed by atoms with van der Waals surface area (Å²) in [6.07, 6.45) is 2.62. The largest absolute Gasteiger partial charge is 0.487 e. The highest BCUT2D eigenvalue weighted by Gasteiger charge is 2.21. The van der Waals surface area contributed by atoms with Gasteiger partial charge >= 0.3 is 5.97 Å². The van der Waals surface area contributed by atoms with Crippen LogP contribution in [0.1, 0.15) is 17.0 Å². The fraction of sp³-hybridized carbons (Fsp3) is 0.250. The fourth-order valence-corrected chi connectivity index (χ4v) is 5.42. The maximum atomic E-state index is 12.9. The number of benzene rings is 2. The molecule has 5 rings (SSSR count). The third-order valence-corrected chi connectivity index (χ3v) is 7.89. The van der Waals surface area contributed by atoms with Crippen molar-refractivity contribution in [3.8, 4) is 5.75 Å². The molecule has 0 unspecified atom stereocenters. The number of nitrogens with one attached hydrogen (secondary N) is 1. The average Bonchev–Trinajstić information content (AvgIpc) is 3.03. The van der Waals surface area contributed by atoms with Gasteiger partial charge in [0.1, 0.15) is 30.2 Å². The number of amides is 1. The van der Waals surface area contributed by atoms with Gasteiger partial charge in [-0.2, -0.15) is 0 Å². The first-order valence-corrected chi connectivity index (χ1v) is 14.9. The van der Waals surface area contributed by atoms with Crippen LogP contribution in [0.4, 0.5) is 17.2 Å². The van der Waals surface area contributed by atoms with Gasteiger partial charge in [0.25, 0.3) is 0 Å². The van der Waals surface area contributed by atoms with Crippen molar-refractivity contribution in [1.29, 1.82) is 0 Å².